The smallest absolute Gasteiger partial charge is 0.416 e. The van der Waals surface area contributed by atoms with Crippen molar-refractivity contribution in [3.63, 3.8) is 0 Å². The number of aliphatic carboxylic acids is 1. The summed E-state index contributed by atoms with van der Waals surface area (Å²) in [6.07, 6.45) is -4.15. The molecule has 31 heavy (non-hydrogen) atoms. The van der Waals surface area contributed by atoms with Gasteiger partial charge in [0, 0.05) is 49.2 Å². The lowest BCUT2D eigenvalue weighted by atomic mass is 9.82. The summed E-state index contributed by atoms with van der Waals surface area (Å²) in [6, 6.07) is 8.00. The Morgan fingerprint density at radius 1 is 1.06 bits per heavy atom. The largest absolute Gasteiger partial charge is 0.550 e. The van der Waals surface area contributed by atoms with E-state index in [2.05, 4.69) is 0 Å². The van der Waals surface area contributed by atoms with Gasteiger partial charge in [0.05, 0.1) is 5.56 Å². The number of nitrogens with zero attached hydrogens (tertiary/aromatic N) is 2. The van der Waals surface area contributed by atoms with Gasteiger partial charge in [0.2, 0.25) is 5.91 Å². The number of fused-ring (bicyclic) bond motifs is 4. The molecule has 3 heterocycles. The lowest BCUT2D eigenvalue weighted by Crippen LogP contribution is -2.49. The molecule has 1 amide bonds. The van der Waals surface area contributed by atoms with Crippen LogP contribution in [0.15, 0.2) is 41.2 Å². The van der Waals surface area contributed by atoms with E-state index in [9.17, 15) is 32.7 Å². The Labute approximate surface area is 175 Å². The van der Waals surface area contributed by atoms with Gasteiger partial charge in [-0.25, -0.2) is 0 Å². The van der Waals surface area contributed by atoms with E-state index in [1.165, 1.54) is 12.1 Å². The number of rotatable bonds is 4. The number of carbonyl (C=O) groups excluding carboxylic acids is 2. The number of aromatic nitrogens is 1. The number of halogens is 3. The zero-order chi connectivity index (χ0) is 22.3. The molecule has 1 saturated heterocycles. The second-order valence-electron chi connectivity index (χ2n) is 8.14. The number of pyridine rings is 1. The molecule has 0 unspecified atom stereocenters. The molecule has 1 aromatic heterocycles. The molecule has 164 valence electrons. The molecule has 2 atom stereocenters. The molecule has 0 N–H and O–H groups in total. The molecule has 2 aliphatic rings. The van der Waals surface area contributed by atoms with Crippen LogP contribution in [0.4, 0.5) is 13.2 Å². The van der Waals surface area contributed by atoms with Gasteiger partial charge >= 0.3 is 6.18 Å². The van der Waals surface area contributed by atoms with E-state index in [0.717, 1.165) is 24.2 Å². The number of hydrogen-bond acceptors (Lipinski definition) is 4. The van der Waals surface area contributed by atoms with Crippen molar-refractivity contribution in [3.05, 3.63) is 58.0 Å². The number of alkyl halides is 3. The fourth-order valence-corrected chi connectivity index (χ4v) is 4.60. The van der Waals surface area contributed by atoms with Crippen LogP contribution in [0, 0.1) is 5.92 Å². The number of hydrogen-bond donors (Lipinski definition) is 0. The van der Waals surface area contributed by atoms with Gasteiger partial charge in [0.15, 0.2) is 0 Å². The molecule has 0 aliphatic carbocycles. The maximum atomic E-state index is 13.1. The average Bonchev–Trinajstić information content (AvgIpc) is 2.72. The zero-order valence-corrected chi connectivity index (χ0v) is 16.5. The first-order chi connectivity index (χ1) is 14.6. The molecule has 0 radical (unpaired) electrons. The summed E-state index contributed by atoms with van der Waals surface area (Å²) >= 11 is 0. The molecule has 4 rings (SSSR count). The Morgan fingerprint density at radius 3 is 2.55 bits per heavy atom. The number of likely N-dealkylation sites (tertiary alicyclic amines) is 1. The van der Waals surface area contributed by atoms with E-state index in [0.29, 0.717) is 19.6 Å². The lowest BCUT2D eigenvalue weighted by Gasteiger charge is -2.43. The third kappa shape index (κ3) is 4.22. The summed E-state index contributed by atoms with van der Waals surface area (Å²) in [7, 11) is 0. The summed E-state index contributed by atoms with van der Waals surface area (Å²) < 4.78 is 40.8. The molecule has 2 aliphatic heterocycles. The molecule has 0 saturated carbocycles. The highest BCUT2D eigenvalue weighted by atomic mass is 19.4. The first-order valence-electron chi connectivity index (χ1n) is 10.0. The SMILES string of the molecule is O=C([O-])CCC(=O)N1C[C@@H]2C[C@H](C1)c1ccc(-c3cccc(C(F)(F)F)c3)c(=O)n1C2. The number of carboxylic acids is 1. The lowest BCUT2D eigenvalue weighted by molar-refractivity contribution is -0.305. The summed E-state index contributed by atoms with van der Waals surface area (Å²) in [5, 5.41) is 10.6. The van der Waals surface area contributed by atoms with Gasteiger partial charge in [-0.2, -0.15) is 13.2 Å². The Bertz CT molecular complexity index is 1090. The molecule has 9 heteroatoms. The van der Waals surface area contributed by atoms with Crippen LogP contribution < -0.4 is 10.7 Å². The second kappa shape index (κ2) is 7.86. The highest BCUT2D eigenvalue weighted by Crippen LogP contribution is 2.36. The quantitative estimate of drug-likeness (QED) is 0.739. The summed E-state index contributed by atoms with van der Waals surface area (Å²) in [5.41, 5.74) is 0.00833. The van der Waals surface area contributed by atoms with Crippen LogP contribution >= 0.6 is 0 Å². The number of amides is 1. The van der Waals surface area contributed by atoms with Crippen molar-refractivity contribution in [3.8, 4) is 11.1 Å². The summed E-state index contributed by atoms with van der Waals surface area (Å²) in [4.78, 5) is 37.7. The predicted octanol–water partition coefficient (Wildman–Crippen LogP) is 2.01. The Morgan fingerprint density at radius 2 is 1.84 bits per heavy atom. The molecule has 1 aromatic carbocycles. The van der Waals surface area contributed by atoms with Crippen LogP contribution in [0.5, 0.6) is 0 Å². The van der Waals surface area contributed by atoms with E-state index < -0.39 is 17.7 Å². The minimum absolute atomic E-state index is 0.0209. The highest BCUT2D eigenvalue weighted by Gasteiger charge is 2.37. The minimum Gasteiger partial charge on any atom is -0.550 e. The monoisotopic (exact) mass is 433 g/mol. The Balaban J connectivity index is 1.62. The van der Waals surface area contributed by atoms with E-state index >= 15 is 0 Å². The first-order valence-corrected chi connectivity index (χ1v) is 10.0. The molecule has 0 spiro atoms. The maximum Gasteiger partial charge on any atom is 0.416 e. The average molecular weight is 433 g/mol. The molecule has 1 fully saturated rings. The van der Waals surface area contributed by atoms with Crippen molar-refractivity contribution in [1.29, 1.82) is 0 Å². The van der Waals surface area contributed by atoms with Gasteiger partial charge in [-0.3, -0.25) is 9.59 Å². The third-order valence-corrected chi connectivity index (χ3v) is 6.00. The van der Waals surface area contributed by atoms with Gasteiger partial charge in [-0.05, 0) is 48.6 Å². The van der Waals surface area contributed by atoms with E-state index in [1.54, 1.807) is 21.6 Å². The topological polar surface area (TPSA) is 82.4 Å². The standard InChI is InChI=1S/C22H21F3N2O4/c23-22(24,25)16-3-1-2-14(9-16)17-4-5-18-15-8-13(11-27(18)21(17)31)10-26(12-15)19(28)6-7-20(29)30/h1-5,9,13,15H,6-8,10-12H2,(H,29,30)/p-1/t13-,15+/m0/s1. The van der Waals surface area contributed by atoms with Crippen LogP contribution in [0.1, 0.15) is 36.4 Å². The fraction of sp³-hybridized carbons (Fsp3) is 0.409. The molecule has 2 aromatic rings. The number of carboxylic acid groups (broad SMARTS) is 1. The van der Waals surface area contributed by atoms with Gasteiger partial charge in [0.1, 0.15) is 0 Å². The number of benzene rings is 1. The Kier molecular flexibility index (Phi) is 5.36. The van der Waals surface area contributed by atoms with E-state index in [1.807, 2.05) is 0 Å². The van der Waals surface area contributed by atoms with Crippen molar-refractivity contribution >= 4 is 11.9 Å². The summed E-state index contributed by atoms with van der Waals surface area (Å²) in [6.45, 7) is 1.16. The molecule has 2 bridgehead atoms. The van der Waals surface area contributed by atoms with Gasteiger partial charge in [0.25, 0.3) is 5.56 Å². The van der Waals surface area contributed by atoms with Gasteiger partial charge in [-0.15, -0.1) is 0 Å². The van der Waals surface area contributed by atoms with Crippen molar-refractivity contribution in [2.45, 2.75) is 37.9 Å². The van der Waals surface area contributed by atoms with Crippen LogP contribution in [0.25, 0.3) is 11.1 Å². The van der Waals surface area contributed by atoms with Crippen LogP contribution in [0.2, 0.25) is 0 Å². The Hall–Kier alpha value is -3.10. The van der Waals surface area contributed by atoms with Crippen LogP contribution in [0.3, 0.4) is 0 Å². The summed E-state index contributed by atoms with van der Waals surface area (Å²) in [5.74, 6) is -1.59. The van der Waals surface area contributed by atoms with Gasteiger partial charge < -0.3 is 19.4 Å². The molecule has 6 nitrogen and oxygen atoms in total. The zero-order valence-electron chi connectivity index (χ0n) is 16.5. The number of carbonyl (C=O) groups is 2. The molecular formula is C22H20F3N2O4-. The van der Waals surface area contributed by atoms with Crippen LogP contribution in [-0.4, -0.2) is 34.4 Å². The molecular weight excluding hydrogens is 413 g/mol. The van der Waals surface area contributed by atoms with Crippen LogP contribution in [-0.2, 0) is 22.3 Å². The van der Waals surface area contributed by atoms with E-state index in [4.69, 9.17) is 0 Å². The van der Waals surface area contributed by atoms with Crippen molar-refractivity contribution in [1.82, 2.24) is 9.47 Å². The van der Waals surface area contributed by atoms with Crippen molar-refractivity contribution in [2.75, 3.05) is 13.1 Å². The van der Waals surface area contributed by atoms with Crippen molar-refractivity contribution in [2.24, 2.45) is 5.92 Å². The van der Waals surface area contributed by atoms with E-state index in [-0.39, 0.29) is 47.3 Å². The minimum atomic E-state index is -4.50. The number of piperidine rings is 1. The fourth-order valence-electron chi connectivity index (χ4n) is 4.60. The highest BCUT2D eigenvalue weighted by molar-refractivity contribution is 5.80. The predicted molar refractivity (Wildman–Crippen MR) is 103 cm³/mol. The third-order valence-electron chi connectivity index (χ3n) is 6.00. The van der Waals surface area contributed by atoms with Crippen molar-refractivity contribution < 1.29 is 27.9 Å². The van der Waals surface area contributed by atoms with Gasteiger partial charge in [-0.1, -0.05) is 12.1 Å². The normalized spacial score (nSPS) is 20.3. The first kappa shape index (κ1) is 21.1. The second-order valence-corrected chi connectivity index (χ2v) is 8.14. The maximum absolute atomic E-state index is 13.1.